The van der Waals surface area contributed by atoms with Crippen LogP contribution in [0.5, 0.6) is 0 Å². The molecule has 0 saturated carbocycles. The average molecular weight is 271 g/mol. The maximum absolute atomic E-state index is 5.08. The SMILES string of the molecule is S=C(NCc1ccccn1)N/N=C/c1ccccn1. The summed E-state index contributed by atoms with van der Waals surface area (Å²) in [4.78, 5) is 8.29. The van der Waals surface area contributed by atoms with Gasteiger partial charge in [-0.25, -0.2) is 0 Å². The normalized spacial score (nSPS) is 10.3. The van der Waals surface area contributed by atoms with Gasteiger partial charge >= 0.3 is 0 Å². The molecule has 0 aliphatic carbocycles. The van der Waals surface area contributed by atoms with Crippen LogP contribution < -0.4 is 10.7 Å². The van der Waals surface area contributed by atoms with E-state index >= 15 is 0 Å². The molecule has 0 aromatic carbocycles. The lowest BCUT2D eigenvalue weighted by Crippen LogP contribution is -2.31. The Labute approximate surface area is 116 Å². The smallest absolute Gasteiger partial charge is 0.187 e. The molecule has 2 N–H and O–H groups in total. The molecule has 0 atom stereocenters. The fourth-order valence-corrected chi connectivity index (χ4v) is 1.45. The van der Waals surface area contributed by atoms with Gasteiger partial charge in [0.05, 0.1) is 24.1 Å². The second-order valence-electron chi connectivity index (χ2n) is 3.63. The summed E-state index contributed by atoms with van der Waals surface area (Å²) in [5.74, 6) is 0. The predicted octanol–water partition coefficient (Wildman–Crippen LogP) is 1.47. The Bertz CT molecular complexity index is 541. The highest BCUT2D eigenvalue weighted by molar-refractivity contribution is 7.80. The van der Waals surface area contributed by atoms with Crippen LogP contribution in [-0.2, 0) is 6.54 Å². The molecule has 0 unspecified atom stereocenters. The fraction of sp³-hybridized carbons (Fsp3) is 0.0769. The van der Waals surface area contributed by atoms with E-state index in [1.165, 1.54) is 0 Å². The summed E-state index contributed by atoms with van der Waals surface area (Å²) in [7, 11) is 0. The lowest BCUT2D eigenvalue weighted by molar-refractivity contribution is 0.841. The molecule has 0 fully saturated rings. The Balaban J connectivity index is 1.75. The second-order valence-corrected chi connectivity index (χ2v) is 4.04. The monoisotopic (exact) mass is 271 g/mol. The number of nitrogens with one attached hydrogen (secondary N) is 2. The van der Waals surface area contributed by atoms with Crippen molar-refractivity contribution in [2.75, 3.05) is 0 Å². The van der Waals surface area contributed by atoms with Crippen LogP contribution in [-0.4, -0.2) is 21.3 Å². The Morgan fingerprint density at radius 3 is 2.63 bits per heavy atom. The molecular weight excluding hydrogens is 258 g/mol. The topological polar surface area (TPSA) is 62.2 Å². The van der Waals surface area contributed by atoms with Gasteiger partial charge in [0.25, 0.3) is 0 Å². The molecule has 0 amide bonds. The summed E-state index contributed by atoms with van der Waals surface area (Å²) in [6, 6.07) is 11.3. The maximum atomic E-state index is 5.08. The van der Waals surface area contributed by atoms with Crippen LogP contribution in [0, 0.1) is 0 Å². The summed E-state index contributed by atoms with van der Waals surface area (Å²) in [6.45, 7) is 0.561. The molecule has 2 aromatic heterocycles. The average Bonchev–Trinajstić information content (AvgIpc) is 2.47. The van der Waals surface area contributed by atoms with Crippen molar-refractivity contribution in [2.45, 2.75) is 6.54 Å². The first-order chi connectivity index (χ1) is 9.34. The molecule has 2 aromatic rings. The highest BCUT2D eigenvalue weighted by Gasteiger charge is 1.95. The third-order valence-corrected chi connectivity index (χ3v) is 2.44. The number of pyridine rings is 2. The standard InChI is InChI=1S/C13H13N5S/c19-13(16-9-11-5-1-3-7-14-11)18-17-10-12-6-2-4-8-15-12/h1-8,10H,9H2,(H2,16,18,19)/b17-10+. The van der Waals surface area contributed by atoms with Crippen molar-refractivity contribution < 1.29 is 0 Å². The van der Waals surface area contributed by atoms with Crippen molar-refractivity contribution >= 4 is 23.5 Å². The van der Waals surface area contributed by atoms with E-state index in [0.717, 1.165) is 11.4 Å². The van der Waals surface area contributed by atoms with E-state index < -0.39 is 0 Å². The van der Waals surface area contributed by atoms with Gasteiger partial charge in [-0.15, -0.1) is 0 Å². The molecule has 0 aliphatic heterocycles. The zero-order chi connectivity index (χ0) is 13.3. The van der Waals surface area contributed by atoms with Crippen molar-refractivity contribution in [1.29, 1.82) is 0 Å². The lowest BCUT2D eigenvalue weighted by atomic mass is 10.3. The number of aromatic nitrogens is 2. The van der Waals surface area contributed by atoms with Gasteiger partial charge in [0, 0.05) is 12.4 Å². The van der Waals surface area contributed by atoms with Crippen molar-refractivity contribution in [2.24, 2.45) is 5.10 Å². The third kappa shape index (κ3) is 4.81. The van der Waals surface area contributed by atoms with Gasteiger partial charge in [0.2, 0.25) is 0 Å². The molecule has 96 valence electrons. The first-order valence-electron chi connectivity index (χ1n) is 5.72. The first kappa shape index (κ1) is 13.1. The van der Waals surface area contributed by atoms with Gasteiger partial charge in [0.1, 0.15) is 0 Å². The van der Waals surface area contributed by atoms with Gasteiger partial charge in [-0.2, -0.15) is 5.10 Å². The summed E-state index contributed by atoms with van der Waals surface area (Å²) < 4.78 is 0. The van der Waals surface area contributed by atoms with E-state index in [-0.39, 0.29) is 0 Å². The second kappa shape index (κ2) is 7.17. The van der Waals surface area contributed by atoms with E-state index in [0.29, 0.717) is 11.7 Å². The minimum Gasteiger partial charge on any atom is -0.356 e. The van der Waals surface area contributed by atoms with E-state index in [4.69, 9.17) is 12.2 Å². The largest absolute Gasteiger partial charge is 0.356 e. The van der Waals surface area contributed by atoms with Gasteiger partial charge < -0.3 is 5.32 Å². The molecule has 2 rings (SSSR count). The number of hydrogen-bond donors (Lipinski definition) is 2. The van der Waals surface area contributed by atoms with Crippen LogP contribution in [0.2, 0.25) is 0 Å². The molecule has 6 heteroatoms. The Morgan fingerprint density at radius 2 is 1.95 bits per heavy atom. The zero-order valence-corrected chi connectivity index (χ0v) is 11.0. The Hall–Kier alpha value is -2.34. The fourth-order valence-electron chi connectivity index (χ4n) is 1.32. The Kier molecular flexibility index (Phi) is 4.95. The van der Waals surface area contributed by atoms with Crippen molar-refractivity contribution in [1.82, 2.24) is 20.7 Å². The van der Waals surface area contributed by atoms with Crippen LogP contribution in [0.15, 0.2) is 53.9 Å². The number of nitrogens with zero attached hydrogens (tertiary/aromatic N) is 3. The van der Waals surface area contributed by atoms with Crippen molar-refractivity contribution in [3.05, 3.63) is 60.2 Å². The predicted molar refractivity (Wildman–Crippen MR) is 78.6 cm³/mol. The number of rotatable bonds is 4. The highest BCUT2D eigenvalue weighted by atomic mass is 32.1. The first-order valence-corrected chi connectivity index (χ1v) is 6.13. The number of hydrogen-bond acceptors (Lipinski definition) is 4. The van der Waals surface area contributed by atoms with Crippen LogP contribution in [0.3, 0.4) is 0 Å². The third-order valence-electron chi connectivity index (χ3n) is 2.21. The minimum atomic E-state index is 0.442. The maximum Gasteiger partial charge on any atom is 0.187 e. The van der Waals surface area contributed by atoms with Crippen LogP contribution in [0.25, 0.3) is 0 Å². The summed E-state index contributed by atoms with van der Waals surface area (Å²) >= 11 is 5.08. The molecule has 0 aliphatic rings. The highest BCUT2D eigenvalue weighted by Crippen LogP contribution is 1.91. The molecule has 19 heavy (non-hydrogen) atoms. The molecule has 0 radical (unpaired) electrons. The van der Waals surface area contributed by atoms with E-state index in [1.807, 2.05) is 36.4 Å². The van der Waals surface area contributed by atoms with E-state index in [9.17, 15) is 0 Å². The van der Waals surface area contributed by atoms with Gasteiger partial charge in [-0.05, 0) is 36.5 Å². The molecule has 0 spiro atoms. The quantitative estimate of drug-likeness (QED) is 0.501. The van der Waals surface area contributed by atoms with E-state index in [1.54, 1.807) is 18.6 Å². The van der Waals surface area contributed by atoms with Crippen LogP contribution in [0.1, 0.15) is 11.4 Å². The van der Waals surface area contributed by atoms with Gasteiger partial charge in [-0.3, -0.25) is 15.4 Å². The van der Waals surface area contributed by atoms with Crippen molar-refractivity contribution in [3.63, 3.8) is 0 Å². The van der Waals surface area contributed by atoms with Crippen molar-refractivity contribution in [3.8, 4) is 0 Å². The minimum absolute atomic E-state index is 0.442. The molecule has 0 bridgehead atoms. The summed E-state index contributed by atoms with van der Waals surface area (Å²) in [6.07, 6.45) is 5.06. The zero-order valence-electron chi connectivity index (χ0n) is 10.2. The number of thiocarbonyl (C=S) groups is 1. The molecule has 0 saturated heterocycles. The molecule has 2 heterocycles. The van der Waals surface area contributed by atoms with Gasteiger partial charge in [0.15, 0.2) is 5.11 Å². The molecule has 5 nitrogen and oxygen atoms in total. The number of hydrazone groups is 1. The summed E-state index contributed by atoms with van der Waals surface area (Å²) in [5.41, 5.74) is 4.41. The lowest BCUT2D eigenvalue weighted by Gasteiger charge is -2.05. The Morgan fingerprint density at radius 1 is 1.16 bits per heavy atom. The molecular formula is C13H13N5S. The van der Waals surface area contributed by atoms with Gasteiger partial charge in [-0.1, -0.05) is 12.1 Å². The van der Waals surface area contributed by atoms with Crippen LogP contribution in [0.4, 0.5) is 0 Å². The van der Waals surface area contributed by atoms with E-state index in [2.05, 4.69) is 25.8 Å². The summed E-state index contributed by atoms with van der Waals surface area (Å²) in [5, 5.41) is 7.44. The van der Waals surface area contributed by atoms with Crippen LogP contribution >= 0.6 is 12.2 Å².